The average molecular weight is 276 g/mol. The van der Waals surface area contributed by atoms with Crippen LogP contribution in [0, 0.1) is 6.92 Å². The van der Waals surface area contributed by atoms with Gasteiger partial charge in [-0.3, -0.25) is 4.52 Å². The van der Waals surface area contributed by atoms with Gasteiger partial charge in [0.15, 0.2) is 0 Å². The van der Waals surface area contributed by atoms with E-state index < -0.39 is 5.76 Å². The summed E-state index contributed by atoms with van der Waals surface area (Å²) in [5, 5.41) is 4.90. The van der Waals surface area contributed by atoms with E-state index in [1.165, 1.54) is 0 Å². The van der Waals surface area contributed by atoms with Crippen LogP contribution < -0.4 is 5.76 Å². The van der Waals surface area contributed by atoms with Gasteiger partial charge in [0, 0.05) is 10.9 Å². The van der Waals surface area contributed by atoms with E-state index >= 15 is 0 Å². The van der Waals surface area contributed by atoms with Crippen LogP contribution in [0.3, 0.4) is 0 Å². The number of para-hydroxylation sites is 1. The van der Waals surface area contributed by atoms with Crippen molar-refractivity contribution in [3.8, 4) is 11.1 Å². The quantitative estimate of drug-likeness (QED) is 0.535. The van der Waals surface area contributed by atoms with Gasteiger partial charge >= 0.3 is 5.76 Å². The lowest BCUT2D eigenvalue weighted by Crippen LogP contribution is -2.12. The van der Waals surface area contributed by atoms with Gasteiger partial charge in [0.1, 0.15) is 5.69 Å². The molecule has 102 valence electrons. The number of aryl methyl sites for hydroxylation is 1. The van der Waals surface area contributed by atoms with Gasteiger partial charge in [-0.25, -0.2) is 9.20 Å². The third-order valence-corrected chi connectivity index (χ3v) is 3.72. The lowest BCUT2D eigenvalue weighted by Gasteiger charge is -2.02. The standard InChI is InChI=1S/C17H12N2O2/c1-11-16-15(12-7-3-2-4-8-12)13-9-5-6-10-14(13)19(16)17(20)21-18-11/h2-10H,1H3. The van der Waals surface area contributed by atoms with Gasteiger partial charge in [0.2, 0.25) is 0 Å². The molecule has 0 aliphatic heterocycles. The Kier molecular flexibility index (Phi) is 2.44. The first-order valence-electron chi connectivity index (χ1n) is 6.72. The molecule has 0 fully saturated rings. The van der Waals surface area contributed by atoms with Crippen molar-refractivity contribution in [2.24, 2.45) is 0 Å². The van der Waals surface area contributed by atoms with E-state index in [-0.39, 0.29) is 0 Å². The van der Waals surface area contributed by atoms with E-state index in [1.54, 1.807) is 4.40 Å². The van der Waals surface area contributed by atoms with E-state index in [0.29, 0.717) is 5.69 Å². The summed E-state index contributed by atoms with van der Waals surface area (Å²) in [6.45, 7) is 1.85. The van der Waals surface area contributed by atoms with E-state index in [1.807, 2.05) is 61.5 Å². The summed E-state index contributed by atoms with van der Waals surface area (Å²) in [6.07, 6.45) is 0. The molecule has 4 aromatic rings. The molecule has 0 saturated carbocycles. The monoisotopic (exact) mass is 276 g/mol. The highest BCUT2D eigenvalue weighted by Gasteiger charge is 2.18. The zero-order valence-electron chi connectivity index (χ0n) is 11.4. The normalized spacial score (nSPS) is 11.3. The molecule has 4 heteroatoms. The van der Waals surface area contributed by atoms with Crippen molar-refractivity contribution in [3.05, 3.63) is 70.8 Å². The molecule has 21 heavy (non-hydrogen) atoms. The summed E-state index contributed by atoms with van der Waals surface area (Å²) >= 11 is 0. The molecule has 0 radical (unpaired) electrons. The second kappa shape index (κ2) is 4.31. The van der Waals surface area contributed by atoms with Crippen LogP contribution in [0.5, 0.6) is 0 Å². The highest BCUT2D eigenvalue weighted by molar-refractivity contribution is 6.06. The van der Waals surface area contributed by atoms with Crippen LogP contribution in [-0.4, -0.2) is 9.56 Å². The van der Waals surface area contributed by atoms with E-state index in [4.69, 9.17) is 4.52 Å². The fourth-order valence-corrected chi connectivity index (χ4v) is 2.86. The molecule has 2 aromatic heterocycles. The molecule has 0 amide bonds. The molecule has 0 bridgehead atoms. The minimum Gasteiger partial charge on any atom is -0.297 e. The van der Waals surface area contributed by atoms with Crippen LogP contribution in [0.2, 0.25) is 0 Å². The largest absolute Gasteiger partial charge is 0.445 e. The van der Waals surface area contributed by atoms with Gasteiger partial charge in [0.05, 0.1) is 11.0 Å². The second-order valence-electron chi connectivity index (χ2n) is 4.98. The Balaban J connectivity index is 2.33. The van der Waals surface area contributed by atoms with Gasteiger partial charge < -0.3 is 0 Å². The Morgan fingerprint density at radius 2 is 1.71 bits per heavy atom. The lowest BCUT2D eigenvalue weighted by molar-refractivity contribution is 0.343. The van der Waals surface area contributed by atoms with Crippen LogP contribution >= 0.6 is 0 Å². The number of benzene rings is 2. The van der Waals surface area contributed by atoms with Gasteiger partial charge in [-0.05, 0) is 18.6 Å². The number of nitrogens with zero attached hydrogens (tertiary/aromatic N) is 2. The molecule has 0 atom stereocenters. The van der Waals surface area contributed by atoms with Crippen LogP contribution in [0.15, 0.2) is 63.9 Å². The molecular weight excluding hydrogens is 264 g/mol. The average Bonchev–Trinajstić information content (AvgIpc) is 2.88. The molecule has 2 heterocycles. The maximum absolute atomic E-state index is 12.1. The summed E-state index contributed by atoms with van der Waals surface area (Å²) in [7, 11) is 0. The SMILES string of the molecule is Cc1noc(=O)n2c1c(-c1ccccc1)c1ccccc12. The maximum Gasteiger partial charge on any atom is 0.445 e. The van der Waals surface area contributed by atoms with Gasteiger partial charge in [-0.2, -0.15) is 0 Å². The molecule has 0 aliphatic rings. The lowest BCUT2D eigenvalue weighted by atomic mass is 10.0. The van der Waals surface area contributed by atoms with Crippen molar-refractivity contribution < 1.29 is 4.52 Å². The first kappa shape index (κ1) is 11.9. The highest BCUT2D eigenvalue weighted by Crippen LogP contribution is 2.35. The number of aromatic nitrogens is 2. The predicted octanol–water partition coefficient (Wildman–Crippen LogP) is 3.42. The Bertz CT molecular complexity index is 1010. The molecule has 4 nitrogen and oxygen atoms in total. The summed E-state index contributed by atoms with van der Waals surface area (Å²) in [5.74, 6) is -0.464. The molecule has 0 saturated heterocycles. The molecule has 2 aromatic carbocycles. The summed E-state index contributed by atoms with van der Waals surface area (Å²) in [5.41, 5.74) is 4.42. The molecule has 0 spiro atoms. The van der Waals surface area contributed by atoms with Gasteiger partial charge in [0.25, 0.3) is 0 Å². The smallest absolute Gasteiger partial charge is 0.297 e. The minimum absolute atomic E-state index is 0.464. The molecule has 0 unspecified atom stereocenters. The van der Waals surface area contributed by atoms with Crippen LogP contribution in [0.25, 0.3) is 27.5 Å². The van der Waals surface area contributed by atoms with Crippen molar-refractivity contribution >= 4 is 16.4 Å². The third-order valence-electron chi connectivity index (χ3n) is 3.72. The maximum atomic E-state index is 12.1. The van der Waals surface area contributed by atoms with Crippen LogP contribution in [-0.2, 0) is 0 Å². The van der Waals surface area contributed by atoms with Crippen molar-refractivity contribution in [2.75, 3.05) is 0 Å². The van der Waals surface area contributed by atoms with Crippen molar-refractivity contribution in [2.45, 2.75) is 6.92 Å². The van der Waals surface area contributed by atoms with Crippen molar-refractivity contribution in [1.29, 1.82) is 0 Å². The summed E-state index contributed by atoms with van der Waals surface area (Å²) in [6, 6.07) is 17.9. The first-order valence-corrected chi connectivity index (χ1v) is 6.72. The van der Waals surface area contributed by atoms with Crippen LogP contribution in [0.1, 0.15) is 5.69 Å². The summed E-state index contributed by atoms with van der Waals surface area (Å²) in [4.78, 5) is 12.1. The fourth-order valence-electron chi connectivity index (χ4n) is 2.86. The molecular formula is C17H12N2O2. The number of rotatable bonds is 1. The Hall–Kier alpha value is -2.88. The van der Waals surface area contributed by atoms with E-state index in [2.05, 4.69) is 5.16 Å². The topological polar surface area (TPSA) is 47.5 Å². The van der Waals surface area contributed by atoms with Crippen LogP contribution in [0.4, 0.5) is 0 Å². The molecule has 0 N–H and O–H groups in total. The third kappa shape index (κ3) is 1.62. The van der Waals surface area contributed by atoms with Crippen molar-refractivity contribution in [3.63, 3.8) is 0 Å². The number of hydrogen-bond acceptors (Lipinski definition) is 3. The predicted molar refractivity (Wildman–Crippen MR) is 81.4 cm³/mol. The highest BCUT2D eigenvalue weighted by atomic mass is 16.5. The molecule has 4 rings (SSSR count). The van der Waals surface area contributed by atoms with Gasteiger partial charge in [-0.15, -0.1) is 0 Å². The zero-order chi connectivity index (χ0) is 14.4. The minimum atomic E-state index is -0.464. The Morgan fingerprint density at radius 3 is 2.52 bits per heavy atom. The number of fused-ring (bicyclic) bond motifs is 3. The Labute approximate surface area is 120 Å². The first-order chi connectivity index (χ1) is 10.3. The number of hydrogen-bond donors (Lipinski definition) is 0. The van der Waals surface area contributed by atoms with E-state index in [9.17, 15) is 4.79 Å². The second-order valence-corrected chi connectivity index (χ2v) is 4.98. The zero-order valence-corrected chi connectivity index (χ0v) is 11.4. The van der Waals surface area contributed by atoms with Crippen molar-refractivity contribution in [1.82, 2.24) is 9.56 Å². The summed E-state index contributed by atoms with van der Waals surface area (Å²) < 4.78 is 6.48. The Morgan fingerprint density at radius 1 is 1.00 bits per heavy atom. The molecule has 0 aliphatic carbocycles. The van der Waals surface area contributed by atoms with E-state index in [0.717, 1.165) is 27.5 Å². The fraction of sp³-hybridized carbons (Fsp3) is 0.0588. The van der Waals surface area contributed by atoms with Gasteiger partial charge in [-0.1, -0.05) is 53.7 Å².